The quantitative estimate of drug-likeness (QED) is 0.111. The van der Waals surface area contributed by atoms with E-state index in [-0.39, 0.29) is 0 Å². The number of thiol groups is 1. The van der Waals surface area contributed by atoms with Crippen molar-refractivity contribution in [2.75, 3.05) is 59.9 Å². The van der Waals surface area contributed by atoms with Crippen molar-refractivity contribution >= 4 is 62.7 Å². The van der Waals surface area contributed by atoms with Gasteiger partial charge in [-0.25, -0.2) is 0 Å². The molecule has 14 heteroatoms. The minimum absolute atomic E-state index is 0.611. The molecule has 0 aliphatic heterocycles. The van der Waals surface area contributed by atoms with Gasteiger partial charge in [0.05, 0.1) is 0 Å². The molecule has 0 aromatic heterocycles. The maximum Gasteiger partial charge on any atom is 0.500 e. The second-order valence-corrected chi connectivity index (χ2v) is 13.4. The number of allylic oxidation sites excluding steroid dienone is 1. The second kappa shape index (κ2) is 60.9. The first-order valence-electron chi connectivity index (χ1n) is 12.4. The highest BCUT2D eigenvalue weighted by molar-refractivity contribution is 7.99. The molecule has 0 aromatic carbocycles. The molecule has 0 bridgehead atoms. The summed E-state index contributed by atoms with van der Waals surface area (Å²) in [5, 5.41) is 7.00. The molecule has 0 saturated heterocycles. The van der Waals surface area contributed by atoms with Crippen LogP contribution in [-0.2, 0) is 31.1 Å². The van der Waals surface area contributed by atoms with Crippen molar-refractivity contribution in [1.82, 2.24) is 0 Å². The molecule has 0 fully saturated rings. The van der Waals surface area contributed by atoms with E-state index < -0.39 is 18.1 Å². The second-order valence-electron chi connectivity index (χ2n) is 6.56. The van der Waals surface area contributed by atoms with Crippen LogP contribution in [0.15, 0.2) is 12.7 Å². The number of hydrogen-bond donors (Lipinski definition) is 2. The fourth-order valence-electron chi connectivity index (χ4n) is 1.80. The Labute approximate surface area is 249 Å². The molecular formula is C23H62O8S2Si4. The van der Waals surface area contributed by atoms with Gasteiger partial charge in [0, 0.05) is 48.7 Å². The van der Waals surface area contributed by atoms with E-state index in [2.05, 4.69) is 40.0 Å². The molecule has 0 heterocycles. The average molecular weight is 643 g/mol. The van der Waals surface area contributed by atoms with Gasteiger partial charge in [-0.1, -0.05) is 46.1 Å². The molecule has 0 aliphatic rings. The van der Waals surface area contributed by atoms with E-state index in [4.69, 9.17) is 36.2 Å². The van der Waals surface area contributed by atoms with Gasteiger partial charge in [-0.05, 0) is 49.5 Å². The summed E-state index contributed by atoms with van der Waals surface area (Å²) in [6.45, 7) is 12.0. The third-order valence-corrected chi connectivity index (χ3v) is 9.74. The van der Waals surface area contributed by atoms with Gasteiger partial charge in [-0.15, -0.1) is 6.58 Å². The van der Waals surface area contributed by atoms with Crippen molar-refractivity contribution < 1.29 is 36.2 Å². The van der Waals surface area contributed by atoms with Crippen molar-refractivity contribution in [1.29, 1.82) is 0 Å². The molecule has 0 amide bonds. The summed E-state index contributed by atoms with van der Waals surface area (Å²) in [5.74, 6) is 3.46. The third kappa shape index (κ3) is 62.0. The molecule has 0 spiro atoms. The first-order valence-corrected chi connectivity index (χ1v) is 19.4. The van der Waals surface area contributed by atoms with Crippen molar-refractivity contribution in [3.63, 3.8) is 0 Å². The highest BCUT2D eigenvalue weighted by Crippen LogP contribution is 2.17. The van der Waals surface area contributed by atoms with Crippen LogP contribution in [0.5, 0.6) is 0 Å². The van der Waals surface area contributed by atoms with Crippen LogP contribution in [0, 0.1) is 0 Å². The predicted octanol–water partition coefficient (Wildman–Crippen LogP) is 4.14. The Morgan fingerprint density at radius 2 is 1.24 bits per heavy atom. The van der Waals surface area contributed by atoms with Crippen LogP contribution in [-0.4, -0.2) is 103 Å². The number of thioether (sulfide) groups is 1. The van der Waals surface area contributed by atoms with Gasteiger partial charge in [-0.3, -0.25) is 0 Å². The summed E-state index contributed by atoms with van der Waals surface area (Å²) in [4.78, 5) is 0. The molecule has 37 heavy (non-hydrogen) atoms. The summed E-state index contributed by atoms with van der Waals surface area (Å²) in [6, 6.07) is 0.914. The molecule has 0 radical (unpaired) electrons. The molecule has 0 unspecified atom stereocenters. The maximum absolute atomic E-state index is 8.28. The van der Waals surface area contributed by atoms with Crippen LogP contribution in [0.4, 0.5) is 0 Å². The standard InChI is InChI=1S/C11H26O3SSi.C5H10.C3H10O2Si.C3H8S.CH4O.2H2OSi/c1-5-6-7-9-15-10-8-11-16(12-2,13-3)14-4;1-3-5-4-2;1-4-6(3)5-2;1-2-3-4;3*1-2/h5-11H2,1-4H3;3H,1,4-5H2,2H3;6H,1-3H3;4H,2-3H2,1H3;2H,1H3;2*2H2. The summed E-state index contributed by atoms with van der Waals surface area (Å²) in [5.41, 5.74) is 0. The van der Waals surface area contributed by atoms with Crippen LogP contribution >= 0.6 is 24.4 Å². The lowest BCUT2D eigenvalue weighted by atomic mass is 10.3. The SMILES string of the molecule is C=CCCC.CCCCCSCCC[Si](OC)(OC)OC.CCCS.CO.CO[SiH](C)OC.O=[SiH2].O=[SiH2]. The molecule has 0 rings (SSSR count). The highest BCUT2D eigenvalue weighted by Gasteiger charge is 2.36. The van der Waals surface area contributed by atoms with Gasteiger partial charge in [-0.2, -0.15) is 24.4 Å². The smallest absolute Gasteiger partial charge is 0.400 e. The number of aliphatic hydroxyl groups is 1. The number of rotatable bonds is 16. The van der Waals surface area contributed by atoms with Crippen LogP contribution < -0.4 is 0 Å². The first kappa shape index (κ1) is 53.8. The van der Waals surface area contributed by atoms with E-state index in [1.54, 1.807) is 35.5 Å². The van der Waals surface area contributed by atoms with E-state index in [0.717, 1.165) is 31.7 Å². The lowest BCUT2D eigenvalue weighted by molar-refractivity contribution is 0.123. The first-order chi connectivity index (χ1) is 17.9. The third-order valence-electron chi connectivity index (χ3n) is 3.98. The Morgan fingerprint density at radius 1 is 0.838 bits per heavy atom. The van der Waals surface area contributed by atoms with E-state index in [0.29, 0.717) is 20.3 Å². The minimum Gasteiger partial charge on any atom is -0.400 e. The monoisotopic (exact) mass is 642 g/mol. The summed E-state index contributed by atoms with van der Waals surface area (Å²) < 4.78 is 42.3. The fraction of sp³-hybridized carbons (Fsp3) is 0.913. The Balaban J connectivity index is -0.0000000706. The van der Waals surface area contributed by atoms with E-state index in [1.807, 2.05) is 24.4 Å². The Bertz CT molecular complexity index is 338. The van der Waals surface area contributed by atoms with Gasteiger partial charge in [0.1, 0.15) is 0 Å². The lowest BCUT2D eigenvalue weighted by Gasteiger charge is -2.24. The number of aliphatic hydroxyl groups excluding tert-OH is 1. The molecule has 0 saturated carbocycles. The summed E-state index contributed by atoms with van der Waals surface area (Å²) >= 11 is 5.94. The van der Waals surface area contributed by atoms with Crippen molar-refractivity contribution in [3.05, 3.63) is 12.7 Å². The zero-order valence-electron chi connectivity index (χ0n) is 25.7. The molecule has 0 atom stereocenters. The highest BCUT2D eigenvalue weighted by atomic mass is 32.2. The Morgan fingerprint density at radius 3 is 1.46 bits per heavy atom. The van der Waals surface area contributed by atoms with Gasteiger partial charge in [0.15, 0.2) is 0 Å². The van der Waals surface area contributed by atoms with Crippen molar-refractivity contribution in [2.45, 2.75) is 78.3 Å². The van der Waals surface area contributed by atoms with E-state index in [1.165, 1.54) is 43.6 Å². The predicted molar refractivity (Wildman–Crippen MR) is 176 cm³/mol. The van der Waals surface area contributed by atoms with Gasteiger partial charge >= 0.3 is 18.1 Å². The van der Waals surface area contributed by atoms with Gasteiger partial charge in [0.2, 0.25) is 20.3 Å². The fourth-order valence-corrected chi connectivity index (χ4v) is 4.94. The van der Waals surface area contributed by atoms with Crippen LogP contribution in [0.2, 0.25) is 12.6 Å². The lowest BCUT2D eigenvalue weighted by Crippen LogP contribution is -2.42. The van der Waals surface area contributed by atoms with Gasteiger partial charge < -0.3 is 36.2 Å². The normalized spacial score (nSPS) is 9.00. The summed E-state index contributed by atoms with van der Waals surface area (Å²) in [6.07, 6.45) is 10.6. The van der Waals surface area contributed by atoms with Crippen molar-refractivity contribution in [2.24, 2.45) is 0 Å². The molecule has 230 valence electrons. The van der Waals surface area contributed by atoms with Crippen LogP contribution in [0.1, 0.15) is 65.7 Å². The molecule has 8 nitrogen and oxygen atoms in total. The van der Waals surface area contributed by atoms with E-state index >= 15 is 0 Å². The van der Waals surface area contributed by atoms with Crippen molar-refractivity contribution in [3.8, 4) is 0 Å². The molecular weight excluding hydrogens is 581 g/mol. The minimum atomic E-state index is -2.31. The zero-order valence-corrected chi connectivity index (χ0v) is 32.4. The molecule has 0 aliphatic carbocycles. The van der Waals surface area contributed by atoms with Crippen LogP contribution in [0.3, 0.4) is 0 Å². The summed E-state index contributed by atoms with van der Waals surface area (Å²) in [7, 11) is 7.11. The van der Waals surface area contributed by atoms with E-state index in [9.17, 15) is 0 Å². The molecule has 1 N–H and O–H groups in total. The largest absolute Gasteiger partial charge is 0.500 e. The Kier molecular flexibility index (Phi) is 88.7. The number of hydrogen-bond acceptors (Lipinski definition) is 10. The zero-order chi connectivity index (χ0) is 30.8. The molecule has 0 aromatic rings. The Hall–Kier alpha value is 0.668. The number of unbranched alkanes of at least 4 members (excludes halogenated alkanes) is 3. The average Bonchev–Trinajstić information content (AvgIpc) is 2.99. The van der Waals surface area contributed by atoms with Crippen LogP contribution in [0.25, 0.3) is 0 Å². The maximum atomic E-state index is 8.28. The topological polar surface area (TPSA) is 101 Å². The van der Waals surface area contributed by atoms with Gasteiger partial charge in [0.25, 0.3) is 0 Å².